The first kappa shape index (κ1) is 20.9. The number of unbranched alkanes of at least 4 members (excludes halogenated alkanes) is 4. The van der Waals surface area contributed by atoms with E-state index in [9.17, 15) is 19.5 Å². The van der Waals surface area contributed by atoms with Crippen LogP contribution in [0, 0.1) is 0 Å². The maximum Gasteiger partial charge on any atom is 0.275 e. The first-order valence-corrected chi connectivity index (χ1v) is 9.60. The Labute approximate surface area is 159 Å². The summed E-state index contributed by atoms with van der Waals surface area (Å²) in [6.07, 6.45) is 5.26. The zero-order chi connectivity index (χ0) is 19.7. The van der Waals surface area contributed by atoms with Gasteiger partial charge in [-0.05, 0) is 12.0 Å². The summed E-state index contributed by atoms with van der Waals surface area (Å²) in [5, 5.41) is 18.2. The zero-order valence-electron chi connectivity index (χ0n) is 15.8. The molecule has 1 heterocycles. The molecule has 0 bridgehead atoms. The van der Waals surface area contributed by atoms with Gasteiger partial charge in [-0.25, -0.2) is 0 Å². The summed E-state index contributed by atoms with van der Waals surface area (Å²) in [5.41, 5.74) is -1.27. The van der Waals surface area contributed by atoms with Crippen molar-refractivity contribution in [3.8, 4) is 0 Å². The van der Waals surface area contributed by atoms with Crippen LogP contribution in [0.2, 0.25) is 0 Å². The molecule has 0 saturated carbocycles. The lowest BCUT2D eigenvalue weighted by Gasteiger charge is -2.28. The number of aliphatic hydroxyl groups is 1. The SMILES string of the molecule is CCCCCCCC(=O)N[C@H]1CC(=O)NC1(O)C(=O)NCc1ccccc1. The van der Waals surface area contributed by atoms with E-state index in [4.69, 9.17) is 0 Å². The smallest absolute Gasteiger partial charge is 0.275 e. The Hall–Kier alpha value is -2.41. The van der Waals surface area contributed by atoms with Crippen LogP contribution in [0.3, 0.4) is 0 Å². The molecule has 7 heteroatoms. The molecule has 0 aromatic heterocycles. The fourth-order valence-corrected chi connectivity index (χ4v) is 3.12. The molecule has 3 amide bonds. The van der Waals surface area contributed by atoms with E-state index in [1.165, 1.54) is 0 Å². The highest BCUT2D eigenvalue weighted by Gasteiger charge is 2.51. The second kappa shape index (κ2) is 10.1. The summed E-state index contributed by atoms with van der Waals surface area (Å²) in [7, 11) is 0. The monoisotopic (exact) mass is 375 g/mol. The van der Waals surface area contributed by atoms with Gasteiger partial charge in [0.2, 0.25) is 17.5 Å². The summed E-state index contributed by atoms with van der Waals surface area (Å²) >= 11 is 0. The number of hydrogen-bond acceptors (Lipinski definition) is 4. The lowest BCUT2D eigenvalue weighted by molar-refractivity contribution is -0.147. The molecule has 27 heavy (non-hydrogen) atoms. The van der Waals surface area contributed by atoms with Gasteiger partial charge in [-0.1, -0.05) is 62.9 Å². The molecule has 148 valence electrons. The van der Waals surface area contributed by atoms with Crippen molar-refractivity contribution in [1.82, 2.24) is 16.0 Å². The molecule has 4 N–H and O–H groups in total. The minimum atomic E-state index is -2.14. The van der Waals surface area contributed by atoms with Gasteiger partial charge in [0.25, 0.3) is 5.91 Å². The van der Waals surface area contributed by atoms with Crippen molar-refractivity contribution in [2.45, 2.75) is 70.2 Å². The van der Waals surface area contributed by atoms with Gasteiger partial charge in [-0.15, -0.1) is 0 Å². The number of nitrogens with one attached hydrogen (secondary N) is 3. The Morgan fingerprint density at radius 2 is 1.89 bits per heavy atom. The number of carbonyl (C=O) groups is 3. The van der Waals surface area contributed by atoms with E-state index in [0.717, 1.165) is 37.7 Å². The molecule has 0 spiro atoms. The number of carbonyl (C=O) groups excluding carboxylic acids is 3. The molecule has 1 aliphatic rings. The standard InChI is InChI=1S/C20H29N3O4/c1-2-3-4-5-9-12-17(24)22-16-13-18(25)23-20(16,27)19(26)21-14-15-10-7-6-8-11-15/h6-8,10-11,16,27H,2-5,9,12-14H2,1H3,(H,21,26)(H,22,24)(H,23,25)/t16-,20?/m0/s1. The molecule has 1 aromatic rings. The van der Waals surface area contributed by atoms with Gasteiger partial charge in [0.15, 0.2) is 0 Å². The molecule has 0 aliphatic carbocycles. The molecular formula is C20H29N3O4. The van der Waals surface area contributed by atoms with Crippen molar-refractivity contribution in [1.29, 1.82) is 0 Å². The first-order valence-electron chi connectivity index (χ1n) is 9.60. The number of amides is 3. The van der Waals surface area contributed by atoms with Crippen LogP contribution >= 0.6 is 0 Å². The molecule has 2 rings (SSSR count). The van der Waals surface area contributed by atoms with Gasteiger partial charge in [0, 0.05) is 13.0 Å². The van der Waals surface area contributed by atoms with Crippen molar-refractivity contribution in [2.24, 2.45) is 0 Å². The fourth-order valence-electron chi connectivity index (χ4n) is 3.12. The third kappa shape index (κ3) is 6.06. The number of benzene rings is 1. The summed E-state index contributed by atoms with van der Waals surface area (Å²) in [6, 6.07) is 8.26. The van der Waals surface area contributed by atoms with Crippen LogP contribution in [0.1, 0.15) is 57.4 Å². The van der Waals surface area contributed by atoms with Crippen LogP contribution in [0.15, 0.2) is 30.3 Å². The average Bonchev–Trinajstić information content (AvgIpc) is 2.94. The molecule has 2 atom stereocenters. The maximum absolute atomic E-state index is 12.5. The lowest BCUT2D eigenvalue weighted by atomic mass is 10.0. The second-order valence-electron chi connectivity index (χ2n) is 6.97. The highest BCUT2D eigenvalue weighted by Crippen LogP contribution is 2.19. The lowest BCUT2D eigenvalue weighted by Crippen LogP contribution is -2.63. The van der Waals surface area contributed by atoms with Crippen LogP contribution < -0.4 is 16.0 Å². The van der Waals surface area contributed by atoms with Crippen molar-refractivity contribution >= 4 is 17.7 Å². The van der Waals surface area contributed by atoms with Gasteiger partial charge >= 0.3 is 0 Å². The predicted molar refractivity (Wildman–Crippen MR) is 101 cm³/mol. The quantitative estimate of drug-likeness (QED) is 0.463. The summed E-state index contributed by atoms with van der Waals surface area (Å²) in [6.45, 7) is 2.34. The predicted octanol–water partition coefficient (Wildman–Crippen LogP) is 1.36. The van der Waals surface area contributed by atoms with Crippen molar-refractivity contribution in [3.63, 3.8) is 0 Å². The Kier molecular flexibility index (Phi) is 7.79. The normalized spacial score (nSPS) is 21.6. The number of rotatable bonds is 10. The van der Waals surface area contributed by atoms with Gasteiger partial charge < -0.3 is 21.1 Å². The van der Waals surface area contributed by atoms with Crippen molar-refractivity contribution in [2.75, 3.05) is 0 Å². The molecule has 7 nitrogen and oxygen atoms in total. The minimum absolute atomic E-state index is 0.128. The van der Waals surface area contributed by atoms with Gasteiger partial charge in [0.1, 0.15) is 0 Å². The van der Waals surface area contributed by atoms with Crippen LogP contribution in [0.25, 0.3) is 0 Å². The zero-order valence-corrected chi connectivity index (χ0v) is 15.8. The highest BCUT2D eigenvalue weighted by atomic mass is 16.3. The summed E-state index contributed by atoms with van der Waals surface area (Å²) in [4.78, 5) is 36.4. The third-order valence-electron chi connectivity index (χ3n) is 4.71. The van der Waals surface area contributed by atoms with E-state index in [-0.39, 0.29) is 18.9 Å². The summed E-state index contributed by atoms with van der Waals surface area (Å²) in [5.74, 6) is -1.46. The Bertz CT molecular complexity index is 650. The Morgan fingerprint density at radius 1 is 1.19 bits per heavy atom. The molecule has 1 unspecified atom stereocenters. The molecule has 1 aromatic carbocycles. The number of hydrogen-bond donors (Lipinski definition) is 4. The average molecular weight is 375 g/mol. The Balaban J connectivity index is 1.87. The third-order valence-corrected chi connectivity index (χ3v) is 4.71. The van der Waals surface area contributed by atoms with Crippen LogP contribution in [-0.4, -0.2) is 34.6 Å². The largest absolute Gasteiger partial charge is 0.362 e. The van der Waals surface area contributed by atoms with Gasteiger partial charge in [-0.3, -0.25) is 14.4 Å². The topological polar surface area (TPSA) is 108 Å². The molecule has 1 fully saturated rings. The van der Waals surface area contributed by atoms with E-state index in [1.54, 1.807) is 0 Å². The van der Waals surface area contributed by atoms with Crippen LogP contribution in [0.5, 0.6) is 0 Å². The maximum atomic E-state index is 12.5. The van der Waals surface area contributed by atoms with Crippen molar-refractivity contribution in [3.05, 3.63) is 35.9 Å². The summed E-state index contributed by atoms with van der Waals surface area (Å²) < 4.78 is 0. The molecular weight excluding hydrogens is 346 g/mol. The van der Waals surface area contributed by atoms with E-state index >= 15 is 0 Å². The van der Waals surface area contributed by atoms with Crippen molar-refractivity contribution < 1.29 is 19.5 Å². The van der Waals surface area contributed by atoms with E-state index in [1.807, 2.05) is 30.3 Å². The molecule has 1 aliphatic heterocycles. The first-order chi connectivity index (χ1) is 13.0. The van der Waals surface area contributed by atoms with E-state index in [2.05, 4.69) is 22.9 Å². The van der Waals surface area contributed by atoms with Gasteiger partial charge in [-0.2, -0.15) is 0 Å². The van der Waals surface area contributed by atoms with Crippen LogP contribution in [0.4, 0.5) is 0 Å². The molecule has 0 radical (unpaired) electrons. The van der Waals surface area contributed by atoms with E-state index in [0.29, 0.717) is 6.42 Å². The second-order valence-corrected chi connectivity index (χ2v) is 6.97. The molecule has 1 saturated heterocycles. The fraction of sp³-hybridized carbons (Fsp3) is 0.550. The van der Waals surface area contributed by atoms with Crippen LogP contribution in [-0.2, 0) is 20.9 Å². The minimum Gasteiger partial charge on any atom is -0.362 e. The van der Waals surface area contributed by atoms with Gasteiger partial charge in [0.05, 0.1) is 12.5 Å². The highest BCUT2D eigenvalue weighted by molar-refractivity contribution is 5.95. The van der Waals surface area contributed by atoms with E-state index < -0.39 is 23.6 Å². The Morgan fingerprint density at radius 3 is 2.59 bits per heavy atom.